The monoisotopic (exact) mass is 487 g/mol. The molecule has 0 aromatic carbocycles. The van der Waals surface area contributed by atoms with Gasteiger partial charge in [0.2, 0.25) is 5.91 Å². The van der Waals surface area contributed by atoms with Crippen molar-refractivity contribution in [2.75, 3.05) is 66.1 Å². The van der Waals surface area contributed by atoms with Gasteiger partial charge in [0.05, 0.1) is 65.6 Å². The van der Waals surface area contributed by atoms with Crippen molar-refractivity contribution in [3.05, 3.63) is 34.4 Å². The Hall–Kier alpha value is -3.01. The van der Waals surface area contributed by atoms with Crippen LogP contribution in [0.4, 0.5) is 10.3 Å². The number of halogens is 1. The van der Waals surface area contributed by atoms with Gasteiger partial charge < -0.3 is 34.4 Å². The zero-order chi connectivity index (χ0) is 24.4. The van der Waals surface area contributed by atoms with Gasteiger partial charge in [-0.1, -0.05) is 10.2 Å². The first-order valence-electron chi connectivity index (χ1n) is 10.8. The second-order valence-electron chi connectivity index (χ2n) is 6.82. The highest BCUT2D eigenvalue weighted by atomic mass is 19.1. The van der Waals surface area contributed by atoms with E-state index in [1.165, 1.54) is 17.0 Å². The van der Waals surface area contributed by atoms with Crippen LogP contribution in [0.25, 0.3) is 0 Å². The molecule has 2 heterocycles. The van der Waals surface area contributed by atoms with Crippen molar-refractivity contribution in [1.82, 2.24) is 29.9 Å². The first-order valence-corrected chi connectivity index (χ1v) is 10.8. The van der Waals surface area contributed by atoms with Crippen molar-refractivity contribution >= 4 is 11.9 Å². The lowest BCUT2D eigenvalue weighted by molar-refractivity contribution is -0.396. The molecule has 0 spiro atoms. The normalized spacial score (nSPS) is 11.1. The quantitative estimate of drug-likeness (QED) is 0.153. The summed E-state index contributed by atoms with van der Waals surface area (Å²) < 4.78 is 36.4. The van der Waals surface area contributed by atoms with Crippen LogP contribution in [0.2, 0.25) is 0 Å². The van der Waals surface area contributed by atoms with E-state index in [1.807, 2.05) is 0 Å². The van der Waals surface area contributed by atoms with Crippen LogP contribution in [0.3, 0.4) is 0 Å². The number of alkyl halides is 1. The van der Waals surface area contributed by atoms with Gasteiger partial charge in [0.15, 0.2) is 0 Å². The Labute approximate surface area is 195 Å². The van der Waals surface area contributed by atoms with Gasteiger partial charge in [-0.3, -0.25) is 4.79 Å². The molecule has 15 heteroatoms. The average Bonchev–Trinajstić information content (AvgIpc) is 3.47. The minimum atomic E-state index is -0.580. The van der Waals surface area contributed by atoms with Gasteiger partial charge in [-0.05, 0) is 4.92 Å². The summed E-state index contributed by atoms with van der Waals surface area (Å²) in [4.78, 5) is 25.2. The van der Waals surface area contributed by atoms with E-state index in [1.54, 1.807) is 10.9 Å². The molecular weight excluding hydrogens is 457 g/mol. The fraction of sp³-hybridized carbons (Fsp3) is 0.684. The Bertz CT molecular complexity index is 849. The van der Waals surface area contributed by atoms with E-state index in [0.29, 0.717) is 58.5 Å². The molecule has 34 heavy (non-hydrogen) atoms. The highest BCUT2D eigenvalue weighted by Gasteiger charge is 2.15. The first kappa shape index (κ1) is 27.2. The molecule has 0 saturated carbocycles. The molecule has 0 radical (unpaired) electrons. The molecular formula is C19H30FN7O7. The smallest absolute Gasteiger partial charge is 0.390 e. The fourth-order valence-electron chi connectivity index (χ4n) is 2.65. The zero-order valence-electron chi connectivity index (χ0n) is 18.8. The number of nitro groups is 1. The number of nitrogens with zero attached hydrogens (tertiary/aromatic N) is 6. The molecule has 1 N–H and O–H groups in total. The van der Waals surface area contributed by atoms with Crippen LogP contribution in [0, 0.1) is 10.1 Å². The predicted octanol–water partition coefficient (Wildman–Crippen LogP) is -0.0267. The van der Waals surface area contributed by atoms with Crippen LogP contribution in [0.1, 0.15) is 12.1 Å². The summed E-state index contributed by atoms with van der Waals surface area (Å²) in [6.07, 6.45) is 4.77. The van der Waals surface area contributed by atoms with Gasteiger partial charge in [0.1, 0.15) is 31.3 Å². The minimum Gasteiger partial charge on any atom is -0.390 e. The molecule has 0 unspecified atom stereocenters. The third-order valence-electron chi connectivity index (χ3n) is 4.25. The number of nitrogens with one attached hydrogen (secondary N) is 1. The van der Waals surface area contributed by atoms with Crippen molar-refractivity contribution in [3.63, 3.8) is 0 Å². The molecule has 0 saturated heterocycles. The lowest BCUT2D eigenvalue weighted by Gasteiger charge is -2.07. The average molecular weight is 487 g/mol. The van der Waals surface area contributed by atoms with Crippen LogP contribution in [0.5, 0.6) is 0 Å². The molecule has 2 aromatic rings. The number of hydrogen-bond acceptors (Lipinski definition) is 10. The van der Waals surface area contributed by atoms with Crippen molar-refractivity contribution < 1.29 is 33.1 Å². The number of aromatic nitrogens is 5. The summed E-state index contributed by atoms with van der Waals surface area (Å²) in [6, 6.07) is 0. The summed E-state index contributed by atoms with van der Waals surface area (Å²) >= 11 is 0. The molecule has 0 aliphatic rings. The number of ether oxygens (including phenoxy) is 4. The van der Waals surface area contributed by atoms with Crippen LogP contribution < -0.4 is 5.32 Å². The van der Waals surface area contributed by atoms with Crippen molar-refractivity contribution in [3.8, 4) is 0 Å². The fourth-order valence-corrected chi connectivity index (χ4v) is 2.65. The number of rotatable bonds is 20. The third-order valence-corrected chi connectivity index (χ3v) is 4.25. The zero-order valence-corrected chi connectivity index (χ0v) is 18.8. The van der Waals surface area contributed by atoms with Gasteiger partial charge in [0.25, 0.3) is 0 Å². The van der Waals surface area contributed by atoms with E-state index in [-0.39, 0.29) is 38.0 Å². The Morgan fingerprint density at radius 3 is 2.35 bits per heavy atom. The second kappa shape index (κ2) is 16.6. The topological polar surface area (TPSA) is 158 Å². The summed E-state index contributed by atoms with van der Waals surface area (Å²) in [7, 11) is 0. The molecule has 14 nitrogen and oxygen atoms in total. The molecule has 0 atom stereocenters. The standard InChI is InChI=1S/C19H30FN7O7/c20-2-3-21-18(28)1-7-31-9-11-33-13-14-34-12-10-32-8-6-26-16-17(23-24-26)15-25-5-4-22-19(25)27(29)30/h4-5,16H,1-3,6-15H2,(H,21,28). The molecule has 0 fully saturated rings. The van der Waals surface area contributed by atoms with Crippen LogP contribution >= 0.6 is 0 Å². The number of imidazole rings is 1. The van der Waals surface area contributed by atoms with Crippen molar-refractivity contribution in [1.29, 1.82) is 0 Å². The Kier molecular flexibility index (Phi) is 13.3. The maximum absolute atomic E-state index is 11.9. The number of carbonyl (C=O) groups is 1. The SMILES string of the molecule is O=C(CCOCCOCCOCCOCCn1cc(Cn2ccnc2[N+](=O)[O-])nn1)NCCF. The second-order valence-corrected chi connectivity index (χ2v) is 6.82. The first-order chi connectivity index (χ1) is 16.6. The third kappa shape index (κ3) is 11.2. The van der Waals surface area contributed by atoms with Gasteiger partial charge in [-0.15, -0.1) is 5.10 Å². The highest BCUT2D eigenvalue weighted by molar-refractivity contribution is 5.75. The maximum Gasteiger partial charge on any atom is 0.434 e. The summed E-state index contributed by atoms with van der Waals surface area (Å²) in [6.45, 7) is 3.23. The van der Waals surface area contributed by atoms with Crippen molar-refractivity contribution in [2.24, 2.45) is 0 Å². The van der Waals surface area contributed by atoms with Gasteiger partial charge in [-0.25, -0.2) is 13.6 Å². The minimum absolute atomic E-state index is 0.0270. The van der Waals surface area contributed by atoms with E-state index in [0.717, 1.165) is 0 Å². The molecule has 0 bridgehead atoms. The van der Waals surface area contributed by atoms with Crippen LogP contribution in [-0.2, 0) is 36.8 Å². The van der Waals surface area contributed by atoms with E-state index < -0.39 is 11.6 Å². The molecule has 1 amide bonds. The Morgan fingerprint density at radius 2 is 1.71 bits per heavy atom. The molecule has 2 rings (SSSR count). The molecule has 0 aliphatic carbocycles. The van der Waals surface area contributed by atoms with Crippen LogP contribution in [-0.4, -0.2) is 101 Å². The lowest BCUT2D eigenvalue weighted by atomic mass is 10.4. The van der Waals surface area contributed by atoms with Gasteiger partial charge in [-0.2, -0.15) is 0 Å². The number of hydrogen-bond donors (Lipinski definition) is 1. The Balaban J connectivity index is 1.39. The predicted molar refractivity (Wildman–Crippen MR) is 115 cm³/mol. The van der Waals surface area contributed by atoms with Gasteiger partial charge in [0, 0.05) is 13.0 Å². The van der Waals surface area contributed by atoms with E-state index in [9.17, 15) is 19.3 Å². The van der Waals surface area contributed by atoms with Crippen LogP contribution in [0.15, 0.2) is 18.6 Å². The molecule has 2 aromatic heterocycles. The summed E-state index contributed by atoms with van der Waals surface area (Å²) in [5.41, 5.74) is 0.578. The number of carbonyl (C=O) groups excluding carboxylic acids is 1. The van der Waals surface area contributed by atoms with Gasteiger partial charge >= 0.3 is 5.95 Å². The van der Waals surface area contributed by atoms with E-state index in [4.69, 9.17) is 18.9 Å². The van der Waals surface area contributed by atoms with Crippen molar-refractivity contribution in [2.45, 2.75) is 19.5 Å². The highest BCUT2D eigenvalue weighted by Crippen LogP contribution is 2.09. The summed E-state index contributed by atoms with van der Waals surface area (Å²) in [5, 5.41) is 21.3. The van der Waals surface area contributed by atoms with E-state index in [2.05, 4.69) is 20.6 Å². The molecule has 0 aliphatic heterocycles. The van der Waals surface area contributed by atoms with E-state index >= 15 is 0 Å². The number of amides is 1. The lowest BCUT2D eigenvalue weighted by Crippen LogP contribution is -2.26. The molecule has 190 valence electrons. The largest absolute Gasteiger partial charge is 0.434 e. The summed E-state index contributed by atoms with van der Waals surface area (Å²) in [5.74, 6) is -0.482. The maximum atomic E-state index is 11.9. The Morgan fingerprint density at radius 1 is 1.06 bits per heavy atom.